The SMILES string of the molecule is Cc1sc2nc(SCC(=O)N(C)Cc3ccc(F)cc3)n(C(C)C)c(=O)c2c1C. The van der Waals surface area contributed by atoms with E-state index in [4.69, 9.17) is 4.98 Å². The Kier molecular flexibility index (Phi) is 6.43. The Morgan fingerprint density at radius 3 is 2.55 bits per heavy atom. The van der Waals surface area contributed by atoms with Gasteiger partial charge in [0, 0.05) is 24.5 Å². The summed E-state index contributed by atoms with van der Waals surface area (Å²) in [6, 6.07) is 6.04. The van der Waals surface area contributed by atoms with E-state index >= 15 is 0 Å². The molecule has 0 unspecified atom stereocenters. The highest BCUT2D eigenvalue weighted by Crippen LogP contribution is 2.29. The molecule has 0 saturated carbocycles. The summed E-state index contributed by atoms with van der Waals surface area (Å²) in [5, 5.41) is 1.23. The maximum absolute atomic E-state index is 13.1. The first-order valence-electron chi connectivity index (χ1n) is 9.32. The number of thioether (sulfide) groups is 1. The van der Waals surface area contributed by atoms with Gasteiger partial charge in [0.1, 0.15) is 10.6 Å². The van der Waals surface area contributed by atoms with E-state index in [2.05, 4.69) is 0 Å². The van der Waals surface area contributed by atoms with Crippen molar-refractivity contribution in [3.05, 3.63) is 56.4 Å². The summed E-state index contributed by atoms with van der Waals surface area (Å²) in [4.78, 5) is 33.7. The number of rotatable bonds is 6. The van der Waals surface area contributed by atoms with Gasteiger partial charge < -0.3 is 4.90 Å². The molecule has 0 fully saturated rings. The molecule has 2 heterocycles. The summed E-state index contributed by atoms with van der Waals surface area (Å²) in [5.74, 6) is -0.209. The fraction of sp³-hybridized carbons (Fsp3) is 0.381. The predicted octanol–water partition coefficient (Wildman–Crippen LogP) is 4.55. The van der Waals surface area contributed by atoms with Crippen molar-refractivity contribution in [2.75, 3.05) is 12.8 Å². The molecule has 0 aliphatic heterocycles. The molecule has 5 nitrogen and oxygen atoms in total. The first-order valence-corrected chi connectivity index (χ1v) is 11.1. The van der Waals surface area contributed by atoms with Crippen molar-refractivity contribution < 1.29 is 9.18 Å². The zero-order chi connectivity index (χ0) is 21.3. The molecule has 0 saturated heterocycles. The van der Waals surface area contributed by atoms with E-state index in [1.165, 1.54) is 35.2 Å². The Morgan fingerprint density at radius 1 is 1.28 bits per heavy atom. The number of halogens is 1. The second kappa shape index (κ2) is 8.67. The van der Waals surface area contributed by atoms with Gasteiger partial charge in [-0.2, -0.15) is 0 Å². The molecule has 0 N–H and O–H groups in total. The maximum Gasteiger partial charge on any atom is 0.263 e. The quantitative estimate of drug-likeness (QED) is 0.423. The van der Waals surface area contributed by atoms with Gasteiger partial charge in [0.15, 0.2) is 5.16 Å². The second-order valence-corrected chi connectivity index (χ2v) is 9.44. The number of carbonyl (C=O) groups excluding carboxylic acids is 1. The van der Waals surface area contributed by atoms with Gasteiger partial charge in [-0.1, -0.05) is 23.9 Å². The molecule has 0 aliphatic rings. The Labute approximate surface area is 177 Å². The monoisotopic (exact) mass is 433 g/mol. The van der Waals surface area contributed by atoms with Crippen molar-refractivity contribution in [2.24, 2.45) is 0 Å². The number of amides is 1. The molecular formula is C21H24FN3O2S2. The average molecular weight is 434 g/mol. The van der Waals surface area contributed by atoms with Crippen LogP contribution in [-0.4, -0.2) is 33.2 Å². The van der Waals surface area contributed by atoms with Crippen LogP contribution >= 0.6 is 23.1 Å². The number of thiophene rings is 1. The molecule has 8 heteroatoms. The largest absolute Gasteiger partial charge is 0.341 e. The van der Waals surface area contributed by atoms with Crippen LogP contribution in [0, 0.1) is 19.7 Å². The molecule has 0 bridgehead atoms. The van der Waals surface area contributed by atoms with Crippen molar-refractivity contribution in [1.29, 1.82) is 0 Å². The van der Waals surface area contributed by atoms with Crippen LogP contribution in [0.4, 0.5) is 4.39 Å². The van der Waals surface area contributed by atoms with E-state index in [-0.39, 0.29) is 29.1 Å². The summed E-state index contributed by atoms with van der Waals surface area (Å²) in [6.07, 6.45) is 0. The first kappa shape index (κ1) is 21.5. The molecule has 0 atom stereocenters. The fourth-order valence-electron chi connectivity index (χ4n) is 3.03. The van der Waals surface area contributed by atoms with E-state index in [0.29, 0.717) is 17.1 Å². The van der Waals surface area contributed by atoms with Crippen LogP contribution in [0.25, 0.3) is 10.2 Å². The summed E-state index contributed by atoms with van der Waals surface area (Å²) in [5.41, 5.74) is 1.78. The molecular weight excluding hydrogens is 409 g/mol. The molecule has 154 valence electrons. The normalized spacial score (nSPS) is 11.4. The number of hydrogen-bond donors (Lipinski definition) is 0. The van der Waals surface area contributed by atoms with E-state index < -0.39 is 0 Å². The van der Waals surface area contributed by atoms with E-state index in [1.54, 1.807) is 28.6 Å². The standard InChI is InChI=1S/C21H24FN3O2S2/c1-12(2)25-20(27)18-13(3)14(4)29-19(18)23-21(25)28-11-17(26)24(5)10-15-6-8-16(22)9-7-15/h6-9,12H,10-11H2,1-5H3. The number of fused-ring (bicyclic) bond motifs is 1. The Morgan fingerprint density at radius 2 is 1.93 bits per heavy atom. The number of nitrogens with zero attached hydrogens (tertiary/aromatic N) is 3. The van der Waals surface area contributed by atoms with Crippen molar-refractivity contribution in [1.82, 2.24) is 14.5 Å². The van der Waals surface area contributed by atoms with Crippen LogP contribution in [0.15, 0.2) is 34.2 Å². The fourth-order valence-corrected chi connectivity index (χ4v) is 5.17. The molecule has 1 amide bonds. The van der Waals surface area contributed by atoms with Crippen LogP contribution < -0.4 is 5.56 Å². The highest BCUT2D eigenvalue weighted by molar-refractivity contribution is 7.99. The van der Waals surface area contributed by atoms with Gasteiger partial charge in [0.05, 0.1) is 11.1 Å². The first-order chi connectivity index (χ1) is 13.7. The molecule has 3 aromatic rings. The third kappa shape index (κ3) is 4.53. The van der Waals surface area contributed by atoms with Crippen LogP contribution in [0.3, 0.4) is 0 Å². The molecule has 1 aromatic carbocycles. The number of carbonyl (C=O) groups is 1. The molecule has 0 radical (unpaired) electrons. The minimum atomic E-state index is -0.301. The summed E-state index contributed by atoms with van der Waals surface area (Å²) >= 11 is 2.78. The van der Waals surface area contributed by atoms with Crippen LogP contribution in [-0.2, 0) is 11.3 Å². The molecule has 3 rings (SSSR count). The van der Waals surface area contributed by atoms with Crippen molar-refractivity contribution in [3.63, 3.8) is 0 Å². The smallest absolute Gasteiger partial charge is 0.263 e. The minimum absolute atomic E-state index is 0.0542. The summed E-state index contributed by atoms with van der Waals surface area (Å²) < 4.78 is 14.7. The highest BCUT2D eigenvalue weighted by Gasteiger charge is 2.20. The van der Waals surface area contributed by atoms with Crippen molar-refractivity contribution >= 4 is 39.2 Å². The van der Waals surface area contributed by atoms with Crippen molar-refractivity contribution in [3.8, 4) is 0 Å². The van der Waals surface area contributed by atoms with Gasteiger partial charge in [-0.05, 0) is 51.0 Å². The van der Waals surface area contributed by atoms with Gasteiger partial charge in [-0.3, -0.25) is 14.2 Å². The third-order valence-corrected chi connectivity index (χ3v) is 6.84. The zero-order valence-electron chi connectivity index (χ0n) is 17.2. The Hall–Kier alpha value is -2.19. The van der Waals surface area contributed by atoms with Crippen LogP contribution in [0.5, 0.6) is 0 Å². The topological polar surface area (TPSA) is 55.2 Å². The van der Waals surface area contributed by atoms with Crippen LogP contribution in [0.2, 0.25) is 0 Å². The number of benzene rings is 1. The Bertz CT molecular complexity index is 1100. The number of aromatic nitrogens is 2. The predicted molar refractivity (Wildman–Crippen MR) is 117 cm³/mol. The van der Waals surface area contributed by atoms with Gasteiger partial charge in [0.25, 0.3) is 5.56 Å². The minimum Gasteiger partial charge on any atom is -0.341 e. The second-order valence-electron chi connectivity index (χ2n) is 7.29. The van der Waals surface area contributed by atoms with Gasteiger partial charge in [0.2, 0.25) is 5.91 Å². The zero-order valence-corrected chi connectivity index (χ0v) is 18.8. The molecule has 0 aliphatic carbocycles. The van der Waals surface area contributed by atoms with E-state index in [0.717, 1.165) is 20.8 Å². The lowest BCUT2D eigenvalue weighted by Gasteiger charge is -2.19. The van der Waals surface area contributed by atoms with Crippen LogP contribution in [0.1, 0.15) is 35.9 Å². The average Bonchev–Trinajstić information content (AvgIpc) is 2.95. The maximum atomic E-state index is 13.1. The third-order valence-electron chi connectivity index (χ3n) is 4.80. The summed E-state index contributed by atoms with van der Waals surface area (Å²) in [6.45, 7) is 8.21. The Balaban J connectivity index is 1.80. The summed E-state index contributed by atoms with van der Waals surface area (Å²) in [7, 11) is 1.71. The lowest BCUT2D eigenvalue weighted by molar-refractivity contribution is -0.127. The highest BCUT2D eigenvalue weighted by atomic mass is 32.2. The molecule has 0 spiro atoms. The van der Waals surface area contributed by atoms with Gasteiger partial charge >= 0.3 is 0 Å². The molecule has 2 aromatic heterocycles. The van der Waals surface area contributed by atoms with Crippen molar-refractivity contribution in [2.45, 2.75) is 45.4 Å². The van der Waals surface area contributed by atoms with Gasteiger partial charge in [-0.15, -0.1) is 11.3 Å². The lowest BCUT2D eigenvalue weighted by atomic mass is 10.2. The van der Waals surface area contributed by atoms with Gasteiger partial charge in [-0.25, -0.2) is 9.37 Å². The lowest BCUT2D eigenvalue weighted by Crippen LogP contribution is -2.29. The van der Waals surface area contributed by atoms with E-state index in [1.807, 2.05) is 27.7 Å². The molecule has 29 heavy (non-hydrogen) atoms. The number of hydrogen-bond acceptors (Lipinski definition) is 5. The number of aryl methyl sites for hydroxylation is 2. The van der Waals surface area contributed by atoms with E-state index in [9.17, 15) is 14.0 Å².